The van der Waals surface area contributed by atoms with Crippen LogP contribution in [0.1, 0.15) is 18.9 Å². The van der Waals surface area contributed by atoms with E-state index in [4.69, 9.17) is 16.0 Å². The molecule has 0 bridgehead atoms. The zero-order chi connectivity index (χ0) is 13.7. The number of anilines is 2. The number of hydrogen-bond acceptors (Lipinski definition) is 6. The van der Waals surface area contributed by atoms with Crippen molar-refractivity contribution in [3.05, 3.63) is 29.4 Å². The minimum atomic E-state index is 0.183. The van der Waals surface area contributed by atoms with E-state index in [1.807, 2.05) is 18.0 Å². The van der Waals surface area contributed by atoms with Gasteiger partial charge in [0.05, 0.1) is 12.5 Å². The van der Waals surface area contributed by atoms with Gasteiger partial charge in [-0.25, -0.2) is 0 Å². The maximum Gasteiger partial charge on any atom is 0.231 e. The Kier molecular flexibility index (Phi) is 4.57. The maximum atomic E-state index is 5.91. The molecule has 0 saturated heterocycles. The highest BCUT2D eigenvalue weighted by molar-refractivity contribution is 6.28. The van der Waals surface area contributed by atoms with Crippen LogP contribution >= 0.6 is 11.6 Å². The Morgan fingerprint density at radius 2 is 2.21 bits per heavy atom. The zero-order valence-electron chi connectivity index (χ0n) is 10.9. The van der Waals surface area contributed by atoms with Gasteiger partial charge in [0.25, 0.3) is 0 Å². The first-order valence-electron chi connectivity index (χ1n) is 6.06. The van der Waals surface area contributed by atoms with E-state index in [2.05, 4.69) is 27.2 Å². The van der Waals surface area contributed by atoms with Crippen LogP contribution in [0.15, 0.2) is 23.0 Å². The molecule has 0 fully saturated rings. The lowest BCUT2D eigenvalue weighted by Crippen LogP contribution is -2.20. The molecule has 2 rings (SSSR count). The van der Waals surface area contributed by atoms with Gasteiger partial charge in [-0.2, -0.15) is 15.0 Å². The first kappa shape index (κ1) is 13.6. The Balaban J connectivity index is 2.11. The Hall–Kier alpha value is -1.82. The van der Waals surface area contributed by atoms with Crippen molar-refractivity contribution in [1.82, 2.24) is 15.0 Å². The molecule has 0 atom stereocenters. The third kappa shape index (κ3) is 3.82. The largest absolute Gasteiger partial charge is 0.472 e. The average molecular weight is 282 g/mol. The molecule has 2 aromatic heterocycles. The summed E-state index contributed by atoms with van der Waals surface area (Å²) in [5, 5.41) is 3.28. The summed E-state index contributed by atoms with van der Waals surface area (Å²) in [5.41, 5.74) is 1.04. The quantitative estimate of drug-likeness (QED) is 0.878. The summed E-state index contributed by atoms with van der Waals surface area (Å²) < 4.78 is 5.03. The molecule has 0 saturated carbocycles. The molecule has 0 aliphatic carbocycles. The minimum absolute atomic E-state index is 0.183. The second-order valence-electron chi connectivity index (χ2n) is 4.14. The third-order valence-corrected chi connectivity index (χ3v) is 2.64. The van der Waals surface area contributed by atoms with Crippen LogP contribution < -0.4 is 10.2 Å². The molecule has 0 aromatic carbocycles. The Bertz CT molecular complexity index is 517. The average Bonchev–Trinajstić information content (AvgIpc) is 2.88. The summed E-state index contributed by atoms with van der Waals surface area (Å²) in [7, 11) is 1.89. The topological polar surface area (TPSA) is 67.1 Å². The monoisotopic (exact) mass is 281 g/mol. The number of aromatic nitrogens is 3. The molecule has 0 radical (unpaired) electrons. The van der Waals surface area contributed by atoms with E-state index in [1.54, 1.807) is 12.5 Å². The lowest BCUT2D eigenvalue weighted by molar-refractivity contribution is 0.563. The summed E-state index contributed by atoms with van der Waals surface area (Å²) in [6.07, 6.45) is 4.32. The van der Waals surface area contributed by atoms with Gasteiger partial charge in [0.15, 0.2) is 0 Å². The van der Waals surface area contributed by atoms with Crippen LogP contribution in [-0.4, -0.2) is 28.5 Å². The van der Waals surface area contributed by atoms with Gasteiger partial charge in [0.1, 0.15) is 0 Å². The summed E-state index contributed by atoms with van der Waals surface area (Å²) in [6, 6.07) is 1.90. The fraction of sp³-hybridized carbons (Fsp3) is 0.417. The van der Waals surface area contributed by atoms with Crippen molar-refractivity contribution < 1.29 is 4.42 Å². The van der Waals surface area contributed by atoms with E-state index < -0.39 is 0 Å². The molecule has 2 aromatic rings. The smallest absolute Gasteiger partial charge is 0.231 e. The van der Waals surface area contributed by atoms with E-state index in [1.165, 1.54) is 0 Å². The van der Waals surface area contributed by atoms with Gasteiger partial charge in [-0.3, -0.25) is 0 Å². The summed E-state index contributed by atoms with van der Waals surface area (Å²) >= 11 is 5.91. The normalized spacial score (nSPS) is 10.5. The van der Waals surface area contributed by atoms with Gasteiger partial charge in [-0.05, 0) is 24.1 Å². The van der Waals surface area contributed by atoms with Gasteiger partial charge >= 0.3 is 0 Å². The molecule has 6 nitrogen and oxygen atoms in total. The van der Waals surface area contributed by atoms with E-state index in [0.29, 0.717) is 18.4 Å². The van der Waals surface area contributed by atoms with Gasteiger partial charge in [-0.15, -0.1) is 0 Å². The standard InChI is InChI=1S/C12H16ClN5O/c1-3-5-14-11-15-10(13)16-12(17-11)18(2)7-9-4-6-19-8-9/h4,6,8H,3,5,7H2,1-2H3,(H,14,15,16,17). The molecule has 7 heteroatoms. The number of furan rings is 1. The van der Waals surface area contributed by atoms with Crippen molar-refractivity contribution in [3.63, 3.8) is 0 Å². The van der Waals surface area contributed by atoms with Crippen molar-refractivity contribution in [2.75, 3.05) is 23.8 Å². The van der Waals surface area contributed by atoms with Crippen molar-refractivity contribution >= 4 is 23.5 Å². The maximum absolute atomic E-state index is 5.91. The molecule has 0 amide bonds. The summed E-state index contributed by atoms with van der Waals surface area (Å²) in [4.78, 5) is 14.4. The molecule has 2 heterocycles. The van der Waals surface area contributed by atoms with Gasteiger partial charge in [0, 0.05) is 25.7 Å². The molecular formula is C12H16ClN5O. The molecule has 0 aliphatic heterocycles. The first-order chi connectivity index (χ1) is 9.19. The number of nitrogens with one attached hydrogen (secondary N) is 1. The SMILES string of the molecule is CCCNc1nc(Cl)nc(N(C)Cc2ccoc2)n1. The fourth-order valence-corrected chi connectivity index (χ4v) is 1.71. The van der Waals surface area contributed by atoms with Crippen LogP contribution in [0.2, 0.25) is 5.28 Å². The lowest BCUT2D eigenvalue weighted by Gasteiger charge is -2.16. The lowest BCUT2D eigenvalue weighted by atomic mass is 10.3. The molecule has 0 aliphatic rings. The molecule has 0 unspecified atom stereocenters. The molecule has 102 valence electrons. The third-order valence-electron chi connectivity index (χ3n) is 2.47. The zero-order valence-corrected chi connectivity index (χ0v) is 11.7. The van der Waals surface area contributed by atoms with Crippen LogP contribution in [0, 0.1) is 0 Å². The Morgan fingerprint density at radius 1 is 1.37 bits per heavy atom. The molecular weight excluding hydrogens is 266 g/mol. The Labute approximate surface area is 116 Å². The number of nitrogens with zero attached hydrogens (tertiary/aromatic N) is 4. The van der Waals surface area contributed by atoms with Crippen LogP contribution in [-0.2, 0) is 6.54 Å². The second kappa shape index (κ2) is 6.38. The highest BCUT2D eigenvalue weighted by Crippen LogP contribution is 2.15. The number of rotatable bonds is 6. The van der Waals surface area contributed by atoms with Gasteiger partial charge < -0.3 is 14.6 Å². The predicted molar refractivity (Wildman–Crippen MR) is 74.4 cm³/mol. The summed E-state index contributed by atoms with van der Waals surface area (Å²) in [6.45, 7) is 3.51. The van der Waals surface area contributed by atoms with Crippen LogP contribution in [0.25, 0.3) is 0 Å². The molecule has 0 spiro atoms. The van der Waals surface area contributed by atoms with Crippen LogP contribution in [0.4, 0.5) is 11.9 Å². The van der Waals surface area contributed by atoms with E-state index >= 15 is 0 Å². The molecule has 1 N–H and O–H groups in total. The van der Waals surface area contributed by atoms with Gasteiger partial charge in [0.2, 0.25) is 17.2 Å². The van der Waals surface area contributed by atoms with Crippen molar-refractivity contribution in [2.45, 2.75) is 19.9 Å². The van der Waals surface area contributed by atoms with E-state index in [-0.39, 0.29) is 5.28 Å². The number of halogens is 1. The first-order valence-corrected chi connectivity index (χ1v) is 6.44. The highest BCUT2D eigenvalue weighted by Gasteiger charge is 2.10. The van der Waals surface area contributed by atoms with Crippen molar-refractivity contribution in [3.8, 4) is 0 Å². The Morgan fingerprint density at radius 3 is 2.89 bits per heavy atom. The minimum Gasteiger partial charge on any atom is -0.472 e. The highest BCUT2D eigenvalue weighted by atomic mass is 35.5. The van der Waals surface area contributed by atoms with Gasteiger partial charge in [-0.1, -0.05) is 6.92 Å². The number of hydrogen-bond donors (Lipinski definition) is 1. The van der Waals surface area contributed by atoms with Crippen LogP contribution in [0.5, 0.6) is 0 Å². The van der Waals surface area contributed by atoms with Crippen molar-refractivity contribution in [1.29, 1.82) is 0 Å². The molecule has 19 heavy (non-hydrogen) atoms. The van der Waals surface area contributed by atoms with Crippen molar-refractivity contribution in [2.24, 2.45) is 0 Å². The van der Waals surface area contributed by atoms with Crippen LogP contribution in [0.3, 0.4) is 0 Å². The summed E-state index contributed by atoms with van der Waals surface area (Å²) in [5.74, 6) is 1.02. The van der Waals surface area contributed by atoms with E-state index in [0.717, 1.165) is 18.5 Å². The second-order valence-corrected chi connectivity index (χ2v) is 4.48. The fourth-order valence-electron chi connectivity index (χ4n) is 1.55. The predicted octanol–water partition coefficient (Wildman–Crippen LogP) is 2.58. The van der Waals surface area contributed by atoms with E-state index in [9.17, 15) is 0 Å².